The van der Waals surface area contributed by atoms with Crippen LogP contribution in [0.4, 0.5) is 0 Å². The lowest BCUT2D eigenvalue weighted by atomic mass is 10.2. The van der Waals surface area contributed by atoms with Crippen LogP contribution >= 0.6 is 11.6 Å². The van der Waals surface area contributed by atoms with Gasteiger partial charge in [-0.05, 0) is 12.1 Å². The van der Waals surface area contributed by atoms with Gasteiger partial charge in [-0.15, -0.1) is 0 Å². The molecule has 0 radical (unpaired) electrons. The Hall–Kier alpha value is -1.02. The second-order valence-corrected chi connectivity index (χ2v) is 2.77. The highest BCUT2D eigenvalue weighted by Gasteiger charge is 1.98. The van der Waals surface area contributed by atoms with Crippen molar-refractivity contribution in [2.45, 2.75) is 0 Å². The molecule has 64 valence electrons. The van der Waals surface area contributed by atoms with Crippen molar-refractivity contribution in [1.29, 1.82) is 0 Å². The summed E-state index contributed by atoms with van der Waals surface area (Å²) in [6.45, 7) is 0. The maximum Gasteiger partial charge on any atom is 0.127 e. The van der Waals surface area contributed by atoms with Gasteiger partial charge in [0.1, 0.15) is 5.84 Å². The zero-order valence-electron chi connectivity index (χ0n) is 7.13. The average Bonchev–Trinajstić information content (AvgIpc) is 2.07. The number of hydrogen-bond acceptors (Lipinski definition) is 1. The normalized spacial score (nSPS) is 11.4. The SMILES string of the molecule is CN=C(NC)c1cccc(Cl)c1. The first-order chi connectivity index (χ1) is 5.77. The number of rotatable bonds is 1. The molecule has 1 aromatic rings. The van der Waals surface area contributed by atoms with Gasteiger partial charge >= 0.3 is 0 Å². The van der Waals surface area contributed by atoms with Gasteiger partial charge < -0.3 is 5.32 Å². The summed E-state index contributed by atoms with van der Waals surface area (Å²) in [5, 5.41) is 3.71. The van der Waals surface area contributed by atoms with Crippen LogP contribution in [0.3, 0.4) is 0 Å². The lowest BCUT2D eigenvalue weighted by Crippen LogP contribution is -2.19. The summed E-state index contributed by atoms with van der Waals surface area (Å²) in [6, 6.07) is 7.58. The van der Waals surface area contributed by atoms with Crippen molar-refractivity contribution in [2.75, 3.05) is 14.1 Å². The molecule has 3 heteroatoms. The smallest absolute Gasteiger partial charge is 0.127 e. The Labute approximate surface area is 77.3 Å². The molecule has 0 aliphatic heterocycles. The molecule has 0 heterocycles. The minimum Gasteiger partial charge on any atom is -0.373 e. The van der Waals surface area contributed by atoms with E-state index >= 15 is 0 Å². The summed E-state index contributed by atoms with van der Waals surface area (Å²) in [5.41, 5.74) is 1.01. The number of halogens is 1. The van der Waals surface area contributed by atoms with Crippen molar-refractivity contribution in [3.8, 4) is 0 Å². The molecular weight excluding hydrogens is 172 g/mol. The fourth-order valence-electron chi connectivity index (χ4n) is 1.02. The molecule has 1 N–H and O–H groups in total. The van der Waals surface area contributed by atoms with Crippen LogP contribution < -0.4 is 5.32 Å². The first-order valence-electron chi connectivity index (χ1n) is 3.68. The van der Waals surface area contributed by atoms with E-state index in [0.717, 1.165) is 16.4 Å². The average molecular weight is 183 g/mol. The van der Waals surface area contributed by atoms with Crippen molar-refractivity contribution in [1.82, 2.24) is 5.32 Å². The van der Waals surface area contributed by atoms with Crippen molar-refractivity contribution in [3.05, 3.63) is 34.9 Å². The maximum atomic E-state index is 5.82. The maximum absolute atomic E-state index is 5.82. The molecule has 0 saturated carbocycles. The molecule has 0 saturated heterocycles. The lowest BCUT2D eigenvalue weighted by molar-refractivity contribution is 1.15. The van der Waals surface area contributed by atoms with Gasteiger partial charge in [-0.3, -0.25) is 4.99 Å². The first-order valence-corrected chi connectivity index (χ1v) is 4.06. The van der Waals surface area contributed by atoms with E-state index in [0.29, 0.717) is 0 Å². The van der Waals surface area contributed by atoms with E-state index < -0.39 is 0 Å². The second-order valence-electron chi connectivity index (χ2n) is 2.33. The van der Waals surface area contributed by atoms with Crippen LogP contribution in [0, 0.1) is 0 Å². The fraction of sp³-hybridized carbons (Fsp3) is 0.222. The molecule has 0 atom stereocenters. The Balaban J connectivity index is 3.02. The number of amidine groups is 1. The second kappa shape index (κ2) is 4.12. The van der Waals surface area contributed by atoms with Gasteiger partial charge in [0, 0.05) is 24.7 Å². The van der Waals surface area contributed by atoms with Crippen LogP contribution in [0.2, 0.25) is 5.02 Å². The number of benzene rings is 1. The van der Waals surface area contributed by atoms with E-state index in [1.165, 1.54) is 0 Å². The van der Waals surface area contributed by atoms with Gasteiger partial charge in [0.15, 0.2) is 0 Å². The Bertz CT molecular complexity index is 294. The first kappa shape index (κ1) is 9.07. The number of nitrogens with one attached hydrogen (secondary N) is 1. The third kappa shape index (κ3) is 1.98. The summed E-state index contributed by atoms with van der Waals surface area (Å²) < 4.78 is 0. The largest absolute Gasteiger partial charge is 0.373 e. The lowest BCUT2D eigenvalue weighted by Gasteiger charge is -2.04. The Morgan fingerprint density at radius 2 is 2.25 bits per heavy atom. The molecule has 0 aliphatic carbocycles. The van der Waals surface area contributed by atoms with Crippen LogP contribution in [-0.4, -0.2) is 19.9 Å². The van der Waals surface area contributed by atoms with Gasteiger partial charge in [-0.1, -0.05) is 23.7 Å². The zero-order valence-corrected chi connectivity index (χ0v) is 7.89. The third-order valence-corrected chi connectivity index (χ3v) is 1.79. The fourth-order valence-corrected chi connectivity index (χ4v) is 1.21. The molecule has 0 unspecified atom stereocenters. The van der Waals surface area contributed by atoms with E-state index in [2.05, 4.69) is 10.3 Å². The molecule has 1 aromatic carbocycles. The third-order valence-electron chi connectivity index (χ3n) is 1.56. The number of aliphatic imine (C=N–C) groups is 1. The molecule has 0 fully saturated rings. The highest BCUT2D eigenvalue weighted by Crippen LogP contribution is 2.10. The van der Waals surface area contributed by atoms with Crippen LogP contribution in [-0.2, 0) is 0 Å². The van der Waals surface area contributed by atoms with E-state index in [-0.39, 0.29) is 0 Å². The van der Waals surface area contributed by atoms with E-state index in [1.54, 1.807) is 7.05 Å². The topological polar surface area (TPSA) is 24.4 Å². The van der Waals surface area contributed by atoms with Gasteiger partial charge in [-0.25, -0.2) is 0 Å². The molecule has 0 amide bonds. The summed E-state index contributed by atoms with van der Waals surface area (Å²) in [4.78, 5) is 4.06. The van der Waals surface area contributed by atoms with Gasteiger partial charge in [0.05, 0.1) is 0 Å². The Kier molecular flexibility index (Phi) is 3.11. The van der Waals surface area contributed by atoms with E-state index in [1.807, 2.05) is 31.3 Å². The Morgan fingerprint density at radius 3 is 2.75 bits per heavy atom. The van der Waals surface area contributed by atoms with Crippen LogP contribution in [0.5, 0.6) is 0 Å². The van der Waals surface area contributed by atoms with E-state index in [9.17, 15) is 0 Å². The van der Waals surface area contributed by atoms with Crippen molar-refractivity contribution in [3.63, 3.8) is 0 Å². The number of nitrogens with zero attached hydrogens (tertiary/aromatic N) is 1. The molecule has 1 rings (SSSR count). The number of hydrogen-bond donors (Lipinski definition) is 1. The van der Waals surface area contributed by atoms with Crippen LogP contribution in [0.1, 0.15) is 5.56 Å². The predicted octanol–water partition coefficient (Wildman–Crippen LogP) is 1.94. The molecule has 0 aromatic heterocycles. The molecule has 0 bridgehead atoms. The minimum absolute atomic E-state index is 0.726. The molecule has 0 spiro atoms. The summed E-state index contributed by atoms with van der Waals surface area (Å²) in [7, 11) is 3.58. The predicted molar refractivity (Wildman–Crippen MR) is 53.0 cm³/mol. The van der Waals surface area contributed by atoms with Crippen LogP contribution in [0.15, 0.2) is 29.3 Å². The summed E-state index contributed by atoms with van der Waals surface area (Å²) in [5.74, 6) is 0.845. The zero-order chi connectivity index (χ0) is 8.97. The molecular formula is C9H11ClN2. The monoisotopic (exact) mass is 182 g/mol. The minimum atomic E-state index is 0.726. The molecule has 12 heavy (non-hydrogen) atoms. The summed E-state index contributed by atoms with van der Waals surface area (Å²) >= 11 is 5.82. The van der Waals surface area contributed by atoms with Crippen LogP contribution in [0.25, 0.3) is 0 Å². The van der Waals surface area contributed by atoms with E-state index in [4.69, 9.17) is 11.6 Å². The van der Waals surface area contributed by atoms with Crippen molar-refractivity contribution < 1.29 is 0 Å². The highest BCUT2D eigenvalue weighted by molar-refractivity contribution is 6.31. The van der Waals surface area contributed by atoms with Crippen molar-refractivity contribution in [2.24, 2.45) is 4.99 Å². The standard InChI is InChI=1S/C9H11ClN2/c1-11-9(12-2)7-4-3-5-8(10)6-7/h3-6H,1-2H3,(H,11,12). The molecule has 2 nitrogen and oxygen atoms in total. The summed E-state index contributed by atoms with van der Waals surface area (Å²) in [6.07, 6.45) is 0. The Morgan fingerprint density at radius 1 is 1.50 bits per heavy atom. The van der Waals surface area contributed by atoms with Gasteiger partial charge in [-0.2, -0.15) is 0 Å². The van der Waals surface area contributed by atoms with Gasteiger partial charge in [0.25, 0.3) is 0 Å². The van der Waals surface area contributed by atoms with Crippen molar-refractivity contribution >= 4 is 17.4 Å². The molecule has 0 aliphatic rings. The van der Waals surface area contributed by atoms with Gasteiger partial charge in [0.2, 0.25) is 0 Å². The quantitative estimate of drug-likeness (QED) is 0.521. The highest BCUT2D eigenvalue weighted by atomic mass is 35.5.